The summed E-state index contributed by atoms with van der Waals surface area (Å²) >= 11 is 0. The number of carbonyl (C=O) groups is 1. The number of rotatable bonds is 6. The highest BCUT2D eigenvalue weighted by Gasteiger charge is 2.33. The summed E-state index contributed by atoms with van der Waals surface area (Å²) in [6, 6.07) is 9.28. The first-order valence-electron chi connectivity index (χ1n) is 10.8. The molecule has 4 atom stereocenters. The van der Waals surface area contributed by atoms with Crippen LogP contribution in [0.5, 0.6) is 0 Å². The molecule has 1 aromatic carbocycles. The Morgan fingerprint density at radius 2 is 1.69 bits per heavy atom. The number of hydrogen-bond donors (Lipinski definition) is 1. The Hall–Kier alpha value is -1.44. The van der Waals surface area contributed by atoms with Crippen molar-refractivity contribution in [2.45, 2.75) is 39.3 Å². The lowest BCUT2D eigenvalue weighted by Gasteiger charge is -2.37. The summed E-state index contributed by atoms with van der Waals surface area (Å²) in [6.45, 7) is 10.4. The van der Waals surface area contributed by atoms with Crippen LogP contribution in [0.4, 0.5) is 0 Å². The van der Waals surface area contributed by atoms with E-state index in [1.165, 1.54) is 6.42 Å². The lowest BCUT2D eigenvalue weighted by molar-refractivity contribution is -0.127. The van der Waals surface area contributed by atoms with Gasteiger partial charge in [-0.05, 0) is 30.7 Å². The van der Waals surface area contributed by atoms with Crippen LogP contribution in [0.1, 0.15) is 38.8 Å². The second-order valence-electron chi connectivity index (χ2n) is 9.08. The van der Waals surface area contributed by atoms with Gasteiger partial charge >= 0.3 is 0 Å². The molecule has 2 fully saturated rings. The van der Waals surface area contributed by atoms with Crippen LogP contribution in [-0.4, -0.2) is 74.4 Å². The molecule has 0 saturated carbocycles. The second-order valence-corrected chi connectivity index (χ2v) is 11.4. The Labute approximate surface area is 175 Å². The van der Waals surface area contributed by atoms with Crippen molar-refractivity contribution in [3.05, 3.63) is 35.9 Å². The van der Waals surface area contributed by atoms with Crippen molar-refractivity contribution in [2.24, 2.45) is 11.8 Å². The molecule has 7 heteroatoms. The molecule has 1 amide bonds. The van der Waals surface area contributed by atoms with Crippen LogP contribution >= 0.6 is 0 Å². The molecule has 2 aliphatic heterocycles. The van der Waals surface area contributed by atoms with Gasteiger partial charge in [-0.1, -0.05) is 44.2 Å². The maximum atomic E-state index is 13.3. The largest absolute Gasteiger partial charge is 0.351 e. The minimum atomic E-state index is -2.99. The van der Waals surface area contributed by atoms with E-state index in [0.717, 1.165) is 25.2 Å². The average Bonchev–Trinajstić information content (AvgIpc) is 2.63. The fourth-order valence-electron chi connectivity index (χ4n) is 4.84. The van der Waals surface area contributed by atoms with E-state index in [1.54, 1.807) is 0 Å². The molecular formula is C22H35N3O3S. The molecule has 0 radical (unpaired) electrons. The summed E-state index contributed by atoms with van der Waals surface area (Å²) in [7, 11) is -2.99. The molecule has 0 aromatic heterocycles. The molecule has 2 saturated heterocycles. The van der Waals surface area contributed by atoms with E-state index < -0.39 is 15.9 Å². The van der Waals surface area contributed by atoms with Gasteiger partial charge in [-0.25, -0.2) is 8.42 Å². The lowest BCUT2D eigenvalue weighted by atomic mass is 9.91. The minimum absolute atomic E-state index is 0.0406. The van der Waals surface area contributed by atoms with Crippen LogP contribution in [0.2, 0.25) is 0 Å². The zero-order valence-electron chi connectivity index (χ0n) is 17.9. The number of nitrogens with one attached hydrogen (secondary N) is 1. The van der Waals surface area contributed by atoms with Crippen LogP contribution in [-0.2, 0) is 14.6 Å². The smallest absolute Gasteiger partial charge is 0.242 e. The zero-order chi connectivity index (χ0) is 21.0. The van der Waals surface area contributed by atoms with Gasteiger partial charge in [0.15, 0.2) is 9.84 Å². The summed E-state index contributed by atoms with van der Waals surface area (Å²) in [5.41, 5.74) is 0.914. The number of piperidine rings is 1. The zero-order valence-corrected chi connectivity index (χ0v) is 18.7. The molecule has 0 bridgehead atoms. The van der Waals surface area contributed by atoms with Crippen molar-refractivity contribution in [3.63, 3.8) is 0 Å². The normalized spacial score (nSPS) is 27.8. The number of amides is 1. The van der Waals surface area contributed by atoms with Gasteiger partial charge in [-0.3, -0.25) is 9.69 Å². The number of nitrogens with zero attached hydrogens (tertiary/aromatic N) is 2. The van der Waals surface area contributed by atoms with Crippen LogP contribution in [0.3, 0.4) is 0 Å². The summed E-state index contributed by atoms with van der Waals surface area (Å²) in [5, 5.41) is 3.20. The minimum Gasteiger partial charge on any atom is -0.351 e. The van der Waals surface area contributed by atoms with Gasteiger partial charge < -0.3 is 10.2 Å². The molecule has 3 rings (SSSR count). The first-order valence-corrected chi connectivity index (χ1v) is 12.6. The number of likely N-dealkylation sites (tertiary alicyclic amines) is 1. The summed E-state index contributed by atoms with van der Waals surface area (Å²) in [6.07, 6.45) is 1.27. The van der Waals surface area contributed by atoms with Gasteiger partial charge in [0.05, 0.1) is 11.5 Å². The fraction of sp³-hybridized carbons (Fsp3) is 0.682. The van der Waals surface area contributed by atoms with Crippen LogP contribution < -0.4 is 5.32 Å². The van der Waals surface area contributed by atoms with Gasteiger partial charge in [0.1, 0.15) is 6.04 Å². The van der Waals surface area contributed by atoms with Crippen molar-refractivity contribution >= 4 is 15.7 Å². The van der Waals surface area contributed by atoms with E-state index in [1.807, 2.05) is 35.2 Å². The molecule has 6 nitrogen and oxygen atoms in total. The summed E-state index contributed by atoms with van der Waals surface area (Å²) < 4.78 is 23.7. The van der Waals surface area contributed by atoms with E-state index in [0.29, 0.717) is 24.9 Å². The molecule has 1 aromatic rings. The Balaban J connectivity index is 1.66. The standard InChI is InChI=1S/C22H35N3O3S/c1-17-13-18(2)15-24(14-17)16-19(3)23-22(26)21(20-7-5-4-6-8-20)25-9-11-29(27,28)12-10-25/h4-8,17-19,21H,9-16H2,1-3H3,(H,23,26). The molecule has 2 aliphatic rings. The van der Waals surface area contributed by atoms with E-state index in [-0.39, 0.29) is 23.5 Å². The molecule has 29 heavy (non-hydrogen) atoms. The van der Waals surface area contributed by atoms with E-state index in [2.05, 4.69) is 31.0 Å². The van der Waals surface area contributed by atoms with Crippen molar-refractivity contribution < 1.29 is 13.2 Å². The molecule has 0 spiro atoms. The SMILES string of the molecule is CC1CC(C)CN(CC(C)NC(=O)C(c2ccccc2)N2CCS(=O)(=O)CC2)C1. The van der Waals surface area contributed by atoms with E-state index in [4.69, 9.17) is 0 Å². The Kier molecular flexibility index (Phi) is 7.35. The molecule has 1 N–H and O–H groups in total. The van der Waals surface area contributed by atoms with Gasteiger partial charge in [0, 0.05) is 38.8 Å². The fourth-order valence-corrected chi connectivity index (χ4v) is 6.07. The number of sulfone groups is 1. The predicted octanol–water partition coefficient (Wildman–Crippen LogP) is 1.94. The van der Waals surface area contributed by atoms with Crippen LogP contribution in [0.15, 0.2) is 30.3 Å². The van der Waals surface area contributed by atoms with Gasteiger partial charge in [0.2, 0.25) is 5.91 Å². The Bertz CT molecular complexity index is 760. The van der Waals surface area contributed by atoms with Crippen molar-refractivity contribution in [2.75, 3.05) is 44.2 Å². The highest BCUT2D eigenvalue weighted by Crippen LogP contribution is 2.24. The van der Waals surface area contributed by atoms with E-state index >= 15 is 0 Å². The summed E-state index contributed by atoms with van der Waals surface area (Å²) in [5.74, 6) is 1.56. The molecule has 4 unspecified atom stereocenters. The number of benzene rings is 1. The molecule has 0 aliphatic carbocycles. The quantitative estimate of drug-likeness (QED) is 0.760. The third kappa shape index (κ3) is 6.27. The summed E-state index contributed by atoms with van der Waals surface area (Å²) in [4.78, 5) is 17.7. The average molecular weight is 422 g/mol. The number of carbonyl (C=O) groups excluding carboxylic acids is 1. The highest BCUT2D eigenvalue weighted by atomic mass is 32.2. The number of hydrogen-bond acceptors (Lipinski definition) is 5. The first-order chi connectivity index (χ1) is 13.7. The third-order valence-electron chi connectivity index (χ3n) is 5.97. The van der Waals surface area contributed by atoms with Crippen molar-refractivity contribution in [1.29, 1.82) is 0 Å². The van der Waals surface area contributed by atoms with Gasteiger partial charge in [-0.15, -0.1) is 0 Å². The van der Waals surface area contributed by atoms with Crippen LogP contribution in [0, 0.1) is 11.8 Å². The van der Waals surface area contributed by atoms with E-state index in [9.17, 15) is 13.2 Å². The maximum Gasteiger partial charge on any atom is 0.242 e. The Morgan fingerprint density at radius 1 is 1.10 bits per heavy atom. The monoisotopic (exact) mass is 421 g/mol. The predicted molar refractivity (Wildman–Crippen MR) is 116 cm³/mol. The topological polar surface area (TPSA) is 69.7 Å². The Morgan fingerprint density at radius 3 is 2.28 bits per heavy atom. The molecule has 2 heterocycles. The van der Waals surface area contributed by atoms with Crippen molar-refractivity contribution in [3.8, 4) is 0 Å². The van der Waals surface area contributed by atoms with Crippen LogP contribution in [0.25, 0.3) is 0 Å². The highest BCUT2D eigenvalue weighted by molar-refractivity contribution is 7.91. The van der Waals surface area contributed by atoms with Crippen molar-refractivity contribution in [1.82, 2.24) is 15.1 Å². The lowest BCUT2D eigenvalue weighted by Crippen LogP contribution is -2.51. The molecular weight excluding hydrogens is 386 g/mol. The molecule has 162 valence electrons. The third-order valence-corrected chi connectivity index (χ3v) is 7.58. The maximum absolute atomic E-state index is 13.3. The van der Waals surface area contributed by atoms with Gasteiger partial charge in [0.25, 0.3) is 0 Å². The van der Waals surface area contributed by atoms with Gasteiger partial charge in [-0.2, -0.15) is 0 Å². The first kappa shape index (κ1) is 22.2. The second kappa shape index (κ2) is 9.58.